The number of hydrogen-bond donors (Lipinski definition) is 2. The van der Waals surface area contributed by atoms with E-state index in [9.17, 15) is 13.2 Å². The van der Waals surface area contributed by atoms with Gasteiger partial charge in [0.05, 0.1) is 5.56 Å². The van der Waals surface area contributed by atoms with Gasteiger partial charge in [-0.2, -0.15) is 13.2 Å². The van der Waals surface area contributed by atoms with Crippen LogP contribution in [0, 0.1) is 5.92 Å². The van der Waals surface area contributed by atoms with E-state index in [2.05, 4.69) is 5.32 Å². The zero-order valence-electron chi connectivity index (χ0n) is 11.5. The predicted molar refractivity (Wildman–Crippen MR) is 75.5 cm³/mol. The quantitative estimate of drug-likeness (QED) is 0.789. The smallest absolute Gasteiger partial charge is 0.398 e. The van der Waals surface area contributed by atoms with Crippen molar-refractivity contribution in [3.8, 4) is 0 Å². The van der Waals surface area contributed by atoms with Gasteiger partial charge in [-0.1, -0.05) is 32.1 Å². The second-order valence-electron chi connectivity index (χ2n) is 5.52. The highest BCUT2D eigenvalue weighted by molar-refractivity contribution is 5.58. The monoisotopic (exact) mass is 286 g/mol. The fraction of sp³-hybridized carbons (Fsp3) is 0.600. The minimum Gasteiger partial charge on any atom is -0.398 e. The molecule has 2 rings (SSSR count). The lowest BCUT2D eigenvalue weighted by molar-refractivity contribution is -0.136. The van der Waals surface area contributed by atoms with E-state index in [1.165, 1.54) is 38.2 Å². The van der Waals surface area contributed by atoms with Crippen LogP contribution < -0.4 is 11.1 Å². The van der Waals surface area contributed by atoms with Crippen LogP contribution in [0.3, 0.4) is 0 Å². The number of halogens is 3. The minimum atomic E-state index is -4.40. The number of nitrogens with one attached hydrogen (secondary N) is 1. The Labute approximate surface area is 117 Å². The van der Waals surface area contributed by atoms with E-state index in [0.29, 0.717) is 18.2 Å². The van der Waals surface area contributed by atoms with Crippen LogP contribution >= 0.6 is 0 Å². The van der Waals surface area contributed by atoms with Gasteiger partial charge in [-0.05, 0) is 30.5 Å². The third-order valence-electron chi connectivity index (χ3n) is 3.97. The molecular weight excluding hydrogens is 265 g/mol. The first kappa shape index (κ1) is 15.0. The summed E-state index contributed by atoms with van der Waals surface area (Å²) in [4.78, 5) is 0. The van der Waals surface area contributed by atoms with Crippen LogP contribution in [-0.2, 0) is 6.18 Å². The molecular formula is C15H21F3N2. The van der Waals surface area contributed by atoms with Crippen LogP contribution in [0.1, 0.15) is 44.1 Å². The van der Waals surface area contributed by atoms with E-state index in [-0.39, 0.29) is 5.69 Å². The van der Waals surface area contributed by atoms with E-state index >= 15 is 0 Å². The number of rotatable bonds is 4. The van der Waals surface area contributed by atoms with Gasteiger partial charge in [0, 0.05) is 17.9 Å². The SMILES string of the molecule is Nc1ccc(NCCC2CCCCC2)cc1C(F)(F)F. The Hall–Kier alpha value is -1.39. The number of alkyl halides is 3. The van der Waals surface area contributed by atoms with Crippen molar-refractivity contribution >= 4 is 11.4 Å². The molecule has 3 N–H and O–H groups in total. The summed E-state index contributed by atoms with van der Waals surface area (Å²) in [6.07, 6.45) is 3.00. The molecule has 0 saturated heterocycles. The fourth-order valence-electron chi connectivity index (χ4n) is 2.81. The van der Waals surface area contributed by atoms with Gasteiger partial charge in [-0.25, -0.2) is 0 Å². The lowest BCUT2D eigenvalue weighted by atomic mass is 9.87. The summed E-state index contributed by atoms with van der Waals surface area (Å²) in [5.74, 6) is 0.715. The van der Waals surface area contributed by atoms with Crippen LogP contribution in [0.25, 0.3) is 0 Å². The minimum absolute atomic E-state index is 0.227. The number of benzene rings is 1. The van der Waals surface area contributed by atoms with E-state index in [1.54, 1.807) is 6.07 Å². The highest BCUT2D eigenvalue weighted by atomic mass is 19.4. The molecule has 20 heavy (non-hydrogen) atoms. The summed E-state index contributed by atoms with van der Waals surface area (Å²) in [6.45, 7) is 0.714. The first-order chi connectivity index (χ1) is 9.47. The molecule has 1 aromatic rings. The standard InChI is InChI=1S/C15H21F3N2/c16-15(17,18)13-10-12(6-7-14(13)19)20-9-8-11-4-2-1-3-5-11/h6-7,10-11,20H,1-5,8-9,19H2. The Bertz CT molecular complexity index is 437. The number of nitrogen functional groups attached to an aromatic ring is 1. The Morgan fingerprint density at radius 1 is 1.15 bits per heavy atom. The molecule has 0 amide bonds. The summed E-state index contributed by atoms with van der Waals surface area (Å²) >= 11 is 0. The van der Waals surface area contributed by atoms with Gasteiger partial charge >= 0.3 is 6.18 Å². The molecule has 0 aliphatic heterocycles. The molecule has 5 heteroatoms. The van der Waals surface area contributed by atoms with Gasteiger partial charge in [0.15, 0.2) is 0 Å². The van der Waals surface area contributed by atoms with E-state index in [0.717, 1.165) is 12.5 Å². The summed E-state index contributed by atoms with van der Waals surface area (Å²) in [5, 5.41) is 3.08. The number of anilines is 2. The third-order valence-corrected chi connectivity index (χ3v) is 3.97. The van der Waals surface area contributed by atoms with Crippen molar-refractivity contribution in [1.82, 2.24) is 0 Å². The Morgan fingerprint density at radius 3 is 2.50 bits per heavy atom. The highest BCUT2D eigenvalue weighted by Gasteiger charge is 2.33. The Balaban J connectivity index is 1.89. The topological polar surface area (TPSA) is 38.0 Å². The van der Waals surface area contributed by atoms with Crippen LogP contribution in [-0.4, -0.2) is 6.54 Å². The second-order valence-corrected chi connectivity index (χ2v) is 5.52. The maximum absolute atomic E-state index is 12.7. The second kappa shape index (κ2) is 6.37. The molecule has 0 bridgehead atoms. The molecule has 0 heterocycles. The molecule has 0 radical (unpaired) electrons. The summed E-state index contributed by atoms with van der Waals surface area (Å²) in [5.41, 5.74) is 4.87. The Kier molecular flexibility index (Phi) is 4.78. The van der Waals surface area contributed by atoms with Gasteiger partial charge in [-0.3, -0.25) is 0 Å². The fourth-order valence-corrected chi connectivity index (χ4v) is 2.81. The van der Waals surface area contributed by atoms with Gasteiger partial charge in [0.2, 0.25) is 0 Å². The van der Waals surface area contributed by atoms with E-state index in [4.69, 9.17) is 5.73 Å². The van der Waals surface area contributed by atoms with E-state index in [1.807, 2.05) is 0 Å². The van der Waals surface area contributed by atoms with Crippen LogP contribution in [0.15, 0.2) is 18.2 Å². The molecule has 1 aromatic carbocycles. The van der Waals surface area contributed by atoms with Crippen LogP contribution in [0.5, 0.6) is 0 Å². The van der Waals surface area contributed by atoms with Crippen molar-refractivity contribution in [2.24, 2.45) is 5.92 Å². The third kappa shape index (κ3) is 4.05. The summed E-state index contributed by atoms with van der Waals surface area (Å²) in [7, 11) is 0. The van der Waals surface area contributed by atoms with Crippen molar-refractivity contribution in [2.75, 3.05) is 17.6 Å². The van der Waals surface area contributed by atoms with Gasteiger partial charge in [0.1, 0.15) is 0 Å². The van der Waals surface area contributed by atoms with Gasteiger partial charge in [0.25, 0.3) is 0 Å². The molecule has 1 aliphatic carbocycles. The van der Waals surface area contributed by atoms with Gasteiger partial charge in [-0.15, -0.1) is 0 Å². The van der Waals surface area contributed by atoms with Crippen molar-refractivity contribution < 1.29 is 13.2 Å². The van der Waals surface area contributed by atoms with E-state index < -0.39 is 11.7 Å². The molecule has 0 aromatic heterocycles. The number of nitrogens with two attached hydrogens (primary N) is 1. The van der Waals surface area contributed by atoms with Gasteiger partial charge < -0.3 is 11.1 Å². The maximum atomic E-state index is 12.7. The average Bonchev–Trinajstić information content (AvgIpc) is 2.40. The zero-order valence-corrected chi connectivity index (χ0v) is 11.5. The van der Waals surface area contributed by atoms with Crippen LogP contribution in [0.2, 0.25) is 0 Å². The van der Waals surface area contributed by atoms with Crippen molar-refractivity contribution in [3.05, 3.63) is 23.8 Å². The zero-order chi connectivity index (χ0) is 14.6. The summed E-state index contributed by atoms with van der Waals surface area (Å²) < 4.78 is 38.2. The van der Waals surface area contributed by atoms with Crippen LogP contribution in [0.4, 0.5) is 24.5 Å². The lowest BCUT2D eigenvalue weighted by Gasteiger charge is -2.21. The van der Waals surface area contributed by atoms with Crippen molar-refractivity contribution in [3.63, 3.8) is 0 Å². The first-order valence-electron chi connectivity index (χ1n) is 7.17. The van der Waals surface area contributed by atoms with Crippen molar-refractivity contribution in [1.29, 1.82) is 0 Å². The largest absolute Gasteiger partial charge is 0.418 e. The number of hydrogen-bond acceptors (Lipinski definition) is 2. The normalized spacial score (nSPS) is 17.1. The lowest BCUT2D eigenvalue weighted by Crippen LogP contribution is -2.13. The molecule has 0 unspecified atom stereocenters. The average molecular weight is 286 g/mol. The summed E-state index contributed by atoms with van der Waals surface area (Å²) in [6, 6.07) is 4.01. The molecule has 0 spiro atoms. The molecule has 1 fully saturated rings. The van der Waals surface area contributed by atoms with Crippen molar-refractivity contribution in [2.45, 2.75) is 44.7 Å². The molecule has 2 nitrogen and oxygen atoms in total. The molecule has 1 saturated carbocycles. The Morgan fingerprint density at radius 2 is 1.85 bits per heavy atom. The predicted octanol–water partition coefficient (Wildman–Crippen LogP) is 4.67. The molecule has 112 valence electrons. The molecule has 1 aliphatic rings. The molecule has 0 atom stereocenters. The highest BCUT2D eigenvalue weighted by Crippen LogP contribution is 2.35. The maximum Gasteiger partial charge on any atom is 0.418 e. The first-order valence-corrected chi connectivity index (χ1v) is 7.17.